The second-order valence-electron chi connectivity index (χ2n) is 11.7. The molecule has 3 aromatic heterocycles. The molecule has 0 radical (unpaired) electrons. The van der Waals surface area contributed by atoms with Gasteiger partial charge >= 0.3 is 0 Å². The number of rotatable bonds is 6. The van der Waals surface area contributed by atoms with E-state index in [1.165, 1.54) is 5.56 Å². The van der Waals surface area contributed by atoms with Crippen LogP contribution in [0.4, 0.5) is 0 Å². The second kappa shape index (κ2) is 12.3. The summed E-state index contributed by atoms with van der Waals surface area (Å²) in [6.45, 7) is 0. The van der Waals surface area contributed by atoms with E-state index >= 15 is 0 Å². The molecule has 230 valence electrons. The van der Waals surface area contributed by atoms with Crippen LogP contribution in [0.25, 0.3) is 88.2 Å². The third-order valence-electron chi connectivity index (χ3n) is 8.57. The predicted molar refractivity (Wildman–Crippen MR) is 201 cm³/mol. The van der Waals surface area contributed by atoms with E-state index in [1.807, 2.05) is 60.7 Å². The Labute approximate surface area is 287 Å². The van der Waals surface area contributed by atoms with Gasteiger partial charge in [-0.1, -0.05) is 146 Å². The SMILES string of the molecule is c1ccc(-c2ccc(-c3nc(-c4ccccc4)nc(-c4ccc5sc6c(-c7ccccc7)nc(-c7ccccc7)nc6c5c4)n3)cc2)cc1. The molecule has 0 aliphatic carbocycles. The molecule has 6 heteroatoms. The van der Waals surface area contributed by atoms with Gasteiger partial charge in [-0.15, -0.1) is 11.3 Å². The van der Waals surface area contributed by atoms with Crippen LogP contribution in [0.1, 0.15) is 0 Å². The monoisotopic (exact) mass is 645 g/mol. The number of benzene rings is 6. The molecule has 3 heterocycles. The summed E-state index contributed by atoms with van der Waals surface area (Å²) in [4.78, 5) is 25.3. The van der Waals surface area contributed by atoms with Crippen LogP contribution in [0.3, 0.4) is 0 Å². The van der Waals surface area contributed by atoms with Crippen molar-refractivity contribution in [1.82, 2.24) is 24.9 Å². The largest absolute Gasteiger partial charge is 0.226 e. The molecule has 9 rings (SSSR count). The molecule has 0 aliphatic heterocycles. The van der Waals surface area contributed by atoms with Crippen molar-refractivity contribution in [2.75, 3.05) is 0 Å². The zero-order valence-corrected chi connectivity index (χ0v) is 27.0. The minimum atomic E-state index is 0.609. The zero-order valence-electron chi connectivity index (χ0n) is 26.2. The van der Waals surface area contributed by atoms with E-state index in [1.54, 1.807) is 11.3 Å². The minimum Gasteiger partial charge on any atom is -0.226 e. The first-order valence-electron chi connectivity index (χ1n) is 16.1. The van der Waals surface area contributed by atoms with Gasteiger partial charge in [0, 0.05) is 37.9 Å². The van der Waals surface area contributed by atoms with Gasteiger partial charge in [-0.05, 0) is 29.3 Å². The molecule has 0 bridgehead atoms. The van der Waals surface area contributed by atoms with E-state index in [-0.39, 0.29) is 0 Å². The van der Waals surface area contributed by atoms with Gasteiger partial charge in [0.1, 0.15) is 0 Å². The molecule has 0 amide bonds. The topological polar surface area (TPSA) is 64.5 Å². The number of aromatic nitrogens is 5. The average Bonchev–Trinajstić information content (AvgIpc) is 3.57. The summed E-state index contributed by atoms with van der Waals surface area (Å²) in [5.74, 6) is 2.56. The van der Waals surface area contributed by atoms with Crippen LogP contribution in [0.5, 0.6) is 0 Å². The van der Waals surface area contributed by atoms with E-state index in [0.29, 0.717) is 23.3 Å². The number of hydrogen-bond acceptors (Lipinski definition) is 6. The van der Waals surface area contributed by atoms with Crippen molar-refractivity contribution in [3.63, 3.8) is 0 Å². The van der Waals surface area contributed by atoms with Crippen molar-refractivity contribution < 1.29 is 0 Å². The van der Waals surface area contributed by atoms with Crippen molar-refractivity contribution in [2.24, 2.45) is 0 Å². The van der Waals surface area contributed by atoms with Crippen LogP contribution < -0.4 is 0 Å². The van der Waals surface area contributed by atoms with Gasteiger partial charge < -0.3 is 0 Å². The highest BCUT2D eigenvalue weighted by molar-refractivity contribution is 7.26. The lowest BCUT2D eigenvalue weighted by Gasteiger charge is -2.09. The Hall–Kier alpha value is -6.37. The van der Waals surface area contributed by atoms with Crippen molar-refractivity contribution in [1.29, 1.82) is 0 Å². The van der Waals surface area contributed by atoms with Gasteiger partial charge in [-0.25, -0.2) is 24.9 Å². The van der Waals surface area contributed by atoms with Crippen molar-refractivity contribution in [3.8, 4) is 67.9 Å². The maximum Gasteiger partial charge on any atom is 0.164 e. The third-order valence-corrected chi connectivity index (χ3v) is 9.73. The molecular formula is C43H27N5S. The van der Waals surface area contributed by atoms with Gasteiger partial charge in [-0.3, -0.25) is 0 Å². The van der Waals surface area contributed by atoms with Crippen LogP contribution in [-0.4, -0.2) is 24.9 Å². The number of fused-ring (bicyclic) bond motifs is 3. The molecule has 0 saturated heterocycles. The lowest BCUT2D eigenvalue weighted by Crippen LogP contribution is -2.00. The maximum atomic E-state index is 5.16. The van der Waals surface area contributed by atoms with Gasteiger partial charge in [0.15, 0.2) is 23.3 Å². The standard InChI is InChI=1S/C43H27N5S/c1-5-13-28(14-6-1)29-21-23-33(24-22-29)42-46-41(32-19-11-4-12-20-32)47-43(48-42)34-25-26-36-35(27-34)38-39(49-36)37(30-15-7-2-8-16-30)44-40(45-38)31-17-9-3-10-18-31/h1-27H. The lowest BCUT2D eigenvalue weighted by atomic mass is 10.0. The summed E-state index contributed by atoms with van der Waals surface area (Å²) in [7, 11) is 0. The molecule has 0 fully saturated rings. The molecule has 6 aromatic carbocycles. The number of hydrogen-bond donors (Lipinski definition) is 0. The quantitative estimate of drug-likeness (QED) is 0.180. The number of nitrogens with zero attached hydrogens (tertiary/aromatic N) is 5. The van der Waals surface area contributed by atoms with E-state index in [4.69, 9.17) is 24.9 Å². The zero-order chi connectivity index (χ0) is 32.6. The molecule has 0 atom stereocenters. The molecule has 5 nitrogen and oxygen atoms in total. The fourth-order valence-electron chi connectivity index (χ4n) is 6.08. The van der Waals surface area contributed by atoms with E-state index in [0.717, 1.165) is 59.4 Å². The Balaban J connectivity index is 1.22. The highest BCUT2D eigenvalue weighted by Gasteiger charge is 2.19. The summed E-state index contributed by atoms with van der Waals surface area (Å²) < 4.78 is 2.18. The normalized spacial score (nSPS) is 11.3. The molecule has 0 spiro atoms. The number of thiophene rings is 1. The van der Waals surface area contributed by atoms with Gasteiger partial charge in [0.05, 0.1) is 15.9 Å². The third kappa shape index (κ3) is 5.54. The Kier molecular flexibility index (Phi) is 7.26. The summed E-state index contributed by atoms with van der Waals surface area (Å²) in [5, 5.41) is 1.05. The molecular weight excluding hydrogens is 619 g/mol. The van der Waals surface area contributed by atoms with Crippen LogP contribution in [0.2, 0.25) is 0 Å². The van der Waals surface area contributed by atoms with Crippen molar-refractivity contribution in [3.05, 3.63) is 164 Å². The smallest absolute Gasteiger partial charge is 0.164 e. The van der Waals surface area contributed by atoms with Crippen LogP contribution in [0.15, 0.2) is 164 Å². The summed E-state index contributed by atoms with van der Waals surface area (Å²) >= 11 is 1.71. The Morgan fingerprint density at radius 1 is 0.327 bits per heavy atom. The second-order valence-corrected chi connectivity index (χ2v) is 12.8. The van der Waals surface area contributed by atoms with Crippen LogP contribution in [0, 0.1) is 0 Å². The molecule has 0 N–H and O–H groups in total. The minimum absolute atomic E-state index is 0.609. The van der Waals surface area contributed by atoms with Crippen LogP contribution in [-0.2, 0) is 0 Å². The van der Waals surface area contributed by atoms with Gasteiger partial charge in [0.2, 0.25) is 0 Å². The van der Waals surface area contributed by atoms with E-state index in [2.05, 4.69) is 103 Å². The van der Waals surface area contributed by atoms with E-state index in [9.17, 15) is 0 Å². The molecule has 0 unspecified atom stereocenters. The van der Waals surface area contributed by atoms with Gasteiger partial charge in [-0.2, -0.15) is 0 Å². The molecule has 0 saturated carbocycles. The first kappa shape index (κ1) is 28.8. The summed E-state index contributed by atoms with van der Waals surface area (Å²) in [6.07, 6.45) is 0. The Morgan fingerprint density at radius 2 is 0.735 bits per heavy atom. The average molecular weight is 646 g/mol. The predicted octanol–water partition coefficient (Wildman–Crippen LogP) is 11.0. The fraction of sp³-hybridized carbons (Fsp3) is 0. The Bertz CT molecular complexity index is 2570. The molecule has 9 aromatic rings. The first-order valence-corrected chi connectivity index (χ1v) is 16.9. The van der Waals surface area contributed by atoms with Crippen molar-refractivity contribution in [2.45, 2.75) is 0 Å². The van der Waals surface area contributed by atoms with Crippen LogP contribution >= 0.6 is 11.3 Å². The first-order chi connectivity index (χ1) is 24.3. The molecule has 0 aliphatic rings. The fourth-order valence-corrected chi connectivity index (χ4v) is 7.22. The summed E-state index contributed by atoms with van der Waals surface area (Å²) in [5.41, 5.74) is 8.96. The van der Waals surface area contributed by atoms with Gasteiger partial charge in [0.25, 0.3) is 0 Å². The molecule has 49 heavy (non-hydrogen) atoms. The summed E-state index contributed by atoms with van der Waals surface area (Å²) in [6, 6.07) is 55.8. The highest BCUT2D eigenvalue weighted by Crippen LogP contribution is 2.41. The Morgan fingerprint density at radius 3 is 1.31 bits per heavy atom. The van der Waals surface area contributed by atoms with E-state index < -0.39 is 0 Å². The lowest BCUT2D eigenvalue weighted by molar-refractivity contribution is 1.07. The highest BCUT2D eigenvalue weighted by atomic mass is 32.1. The maximum absolute atomic E-state index is 5.16. The van der Waals surface area contributed by atoms with Crippen molar-refractivity contribution >= 4 is 31.6 Å².